The molecular formula is C19H22N4OS. The largest absolute Gasteiger partial charge is 0.326 e. The molecule has 0 saturated heterocycles. The SMILES string of the molecule is Cc1cccc(NC(=O)Cc2c(C)nn(-c3nc(C)c(C)s3)c2C)c1. The topological polar surface area (TPSA) is 59.8 Å². The number of aryl methyl sites for hydroxylation is 4. The van der Waals surface area contributed by atoms with Crippen LogP contribution in [0.5, 0.6) is 0 Å². The van der Waals surface area contributed by atoms with Gasteiger partial charge in [0.25, 0.3) is 0 Å². The minimum absolute atomic E-state index is 0.0390. The van der Waals surface area contributed by atoms with Crippen LogP contribution in [0.3, 0.4) is 0 Å². The van der Waals surface area contributed by atoms with Crippen molar-refractivity contribution in [3.63, 3.8) is 0 Å². The van der Waals surface area contributed by atoms with Crippen LogP contribution in [0.25, 0.3) is 5.13 Å². The van der Waals surface area contributed by atoms with Gasteiger partial charge < -0.3 is 5.32 Å². The van der Waals surface area contributed by atoms with E-state index in [1.54, 1.807) is 11.3 Å². The number of carbonyl (C=O) groups excluding carboxylic acids is 1. The molecule has 2 heterocycles. The first-order valence-corrected chi connectivity index (χ1v) is 9.03. The molecule has 0 saturated carbocycles. The molecule has 0 fully saturated rings. The van der Waals surface area contributed by atoms with Crippen molar-refractivity contribution in [2.45, 2.75) is 41.0 Å². The minimum Gasteiger partial charge on any atom is -0.326 e. The Hall–Kier alpha value is -2.47. The maximum absolute atomic E-state index is 12.4. The van der Waals surface area contributed by atoms with Crippen LogP contribution in [0.2, 0.25) is 0 Å². The van der Waals surface area contributed by atoms with Crippen LogP contribution in [0, 0.1) is 34.6 Å². The molecule has 0 radical (unpaired) electrons. The number of hydrogen-bond acceptors (Lipinski definition) is 4. The maximum Gasteiger partial charge on any atom is 0.228 e. The number of aromatic nitrogens is 3. The van der Waals surface area contributed by atoms with Crippen molar-refractivity contribution in [3.05, 3.63) is 57.4 Å². The van der Waals surface area contributed by atoms with Crippen LogP contribution in [-0.2, 0) is 11.2 Å². The predicted octanol–water partition coefficient (Wildman–Crippen LogP) is 4.05. The fraction of sp³-hybridized carbons (Fsp3) is 0.316. The normalized spacial score (nSPS) is 10.9. The van der Waals surface area contributed by atoms with Gasteiger partial charge in [-0.3, -0.25) is 4.79 Å². The van der Waals surface area contributed by atoms with E-state index < -0.39 is 0 Å². The first-order valence-electron chi connectivity index (χ1n) is 8.21. The van der Waals surface area contributed by atoms with Gasteiger partial charge in [-0.25, -0.2) is 9.67 Å². The zero-order valence-electron chi connectivity index (χ0n) is 15.2. The number of carbonyl (C=O) groups is 1. The lowest BCUT2D eigenvalue weighted by atomic mass is 10.1. The summed E-state index contributed by atoms with van der Waals surface area (Å²) < 4.78 is 1.84. The average Bonchev–Trinajstić information content (AvgIpc) is 3.01. The monoisotopic (exact) mass is 354 g/mol. The summed E-state index contributed by atoms with van der Waals surface area (Å²) in [5.74, 6) is -0.0390. The highest BCUT2D eigenvalue weighted by molar-refractivity contribution is 7.14. The molecule has 0 atom stereocenters. The summed E-state index contributed by atoms with van der Waals surface area (Å²) in [5.41, 5.74) is 5.74. The molecule has 0 aliphatic heterocycles. The molecule has 0 bridgehead atoms. The second-order valence-electron chi connectivity index (χ2n) is 6.29. The summed E-state index contributed by atoms with van der Waals surface area (Å²) in [6.07, 6.45) is 0.301. The maximum atomic E-state index is 12.4. The number of amides is 1. The highest BCUT2D eigenvalue weighted by atomic mass is 32.1. The Morgan fingerprint density at radius 1 is 1.16 bits per heavy atom. The molecule has 5 nitrogen and oxygen atoms in total. The van der Waals surface area contributed by atoms with E-state index in [9.17, 15) is 4.79 Å². The number of thiazole rings is 1. The fourth-order valence-corrected chi connectivity index (χ4v) is 3.67. The number of nitrogens with one attached hydrogen (secondary N) is 1. The van der Waals surface area contributed by atoms with Crippen LogP contribution in [0.1, 0.15) is 33.1 Å². The molecular weight excluding hydrogens is 332 g/mol. The van der Waals surface area contributed by atoms with E-state index in [1.165, 1.54) is 4.88 Å². The molecule has 6 heteroatoms. The molecule has 0 spiro atoms. The number of benzene rings is 1. The summed E-state index contributed by atoms with van der Waals surface area (Å²) in [5, 5.41) is 8.40. The highest BCUT2D eigenvalue weighted by Crippen LogP contribution is 2.24. The number of hydrogen-bond donors (Lipinski definition) is 1. The second kappa shape index (κ2) is 6.80. The van der Waals surface area contributed by atoms with Gasteiger partial charge in [-0.2, -0.15) is 5.10 Å². The Kier molecular flexibility index (Phi) is 4.72. The van der Waals surface area contributed by atoms with E-state index in [0.717, 1.165) is 39.0 Å². The van der Waals surface area contributed by atoms with Crippen molar-refractivity contribution in [1.29, 1.82) is 0 Å². The van der Waals surface area contributed by atoms with Gasteiger partial charge in [-0.05, 0) is 52.3 Å². The zero-order chi connectivity index (χ0) is 18.1. The van der Waals surface area contributed by atoms with Crippen LogP contribution in [0.4, 0.5) is 5.69 Å². The van der Waals surface area contributed by atoms with Gasteiger partial charge in [0.05, 0.1) is 17.8 Å². The van der Waals surface area contributed by atoms with Crippen molar-refractivity contribution >= 4 is 22.9 Å². The minimum atomic E-state index is -0.0390. The van der Waals surface area contributed by atoms with Gasteiger partial charge in [0.1, 0.15) is 0 Å². The summed E-state index contributed by atoms with van der Waals surface area (Å²) in [6.45, 7) is 9.98. The summed E-state index contributed by atoms with van der Waals surface area (Å²) in [4.78, 5) is 18.2. The van der Waals surface area contributed by atoms with Gasteiger partial charge in [0.2, 0.25) is 11.0 Å². The Morgan fingerprint density at radius 3 is 2.56 bits per heavy atom. The standard InChI is InChI=1S/C19H22N4OS/c1-11-7-6-8-16(9-11)21-18(24)10-17-13(3)22-23(14(17)4)19-20-12(2)15(5)25-19/h6-9H,10H2,1-5H3,(H,21,24). The number of nitrogens with zero attached hydrogens (tertiary/aromatic N) is 3. The van der Waals surface area contributed by atoms with Crippen LogP contribution in [0.15, 0.2) is 24.3 Å². The van der Waals surface area contributed by atoms with E-state index >= 15 is 0 Å². The van der Waals surface area contributed by atoms with Crippen molar-refractivity contribution in [1.82, 2.24) is 14.8 Å². The molecule has 0 aliphatic rings. The summed E-state index contributed by atoms with van der Waals surface area (Å²) in [6, 6.07) is 7.80. The van der Waals surface area contributed by atoms with E-state index in [-0.39, 0.29) is 5.91 Å². The lowest BCUT2D eigenvalue weighted by Crippen LogP contribution is -2.15. The Balaban J connectivity index is 1.82. The molecule has 1 aromatic carbocycles. The van der Waals surface area contributed by atoms with Gasteiger partial charge in [0.15, 0.2) is 0 Å². The van der Waals surface area contributed by atoms with Crippen LogP contribution in [-0.4, -0.2) is 20.7 Å². The third-order valence-corrected chi connectivity index (χ3v) is 5.33. The number of anilines is 1. The molecule has 130 valence electrons. The second-order valence-corrected chi connectivity index (χ2v) is 7.48. The lowest BCUT2D eigenvalue weighted by Gasteiger charge is -2.06. The molecule has 1 N–H and O–H groups in total. The molecule has 25 heavy (non-hydrogen) atoms. The Bertz CT molecular complexity index is 920. The van der Waals surface area contributed by atoms with Crippen molar-refractivity contribution < 1.29 is 4.79 Å². The van der Waals surface area contributed by atoms with Crippen molar-refractivity contribution in [2.24, 2.45) is 0 Å². The lowest BCUT2D eigenvalue weighted by molar-refractivity contribution is -0.115. The van der Waals surface area contributed by atoms with Gasteiger partial charge >= 0.3 is 0 Å². The summed E-state index contributed by atoms with van der Waals surface area (Å²) in [7, 11) is 0. The van der Waals surface area contributed by atoms with E-state index in [4.69, 9.17) is 0 Å². The van der Waals surface area contributed by atoms with Crippen LogP contribution >= 0.6 is 11.3 Å². The highest BCUT2D eigenvalue weighted by Gasteiger charge is 2.18. The van der Waals surface area contributed by atoms with E-state index in [2.05, 4.69) is 22.3 Å². The summed E-state index contributed by atoms with van der Waals surface area (Å²) >= 11 is 1.62. The van der Waals surface area contributed by atoms with Crippen molar-refractivity contribution in [2.75, 3.05) is 5.32 Å². The van der Waals surface area contributed by atoms with Crippen LogP contribution < -0.4 is 5.32 Å². The quantitative estimate of drug-likeness (QED) is 0.769. The Labute approximate surface area is 151 Å². The smallest absolute Gasteiger partial charge is 0.228 e. The molecule has 3 rings (SSSR count). The average molecular weight is 354 g/mol. The van der Waals surface area contributed by atoms with Gasteiger partial charge in [-0.15, -0.1) is 0 Å². The van der Waals surface area contributed by atoms with Gasteiger partial charge in [0, 0.05) is 21.8 Å². The third-order valence-electron chi connectivity index (χ3n) is 4.28. The molecule has 2 aromatic heterocycles. The van der Waals surface area contributed by atoms with Gasteiger partial charge in [-0.1, -0.05) is 23.5 Å². The predicted molar refractivity (Wildman–Crippen MR) is 102 cm³/mol. The van der Waals surface area contributed by atoms with E-state index in [0.29, 0.717) is 6.42 Å². The molecule has 3 aromatic rings. The first kappa shape index (κ1) is 17.4. The van der Waals surface area contributed by atoms with Crippen molar-refractivity contribution in [3.8, 4) is 5.13 Å². The first-order chi connectivity index (χ1) is 11.8. The third kappa shape index (κ3) is 3.64. The molecule has 1 amide bonds. The molecule has 0 aliphatic carbocycles. The number of rotatable bonds is 4. The fourth-order valence-electron chi connectivity index (χ4n) is 2.75. The molecule has 0 unspecified atom stereocenters. The zero-order valence-corrected chi connectivity index (χ0v) is 16.0. The van der Waals surface area contributed by atoms with E-state index in [1.807, 2.05) is 56.6 Å². The Morgan fingerprint density at radius 2 is 1.92 bits per heavy atom.